The number of aliphatic hydroxyl groups is 2. The molecular formula is C21H32O3. The highest BCUT2D eigenvalue weighted by molar-refractivity contribution is 5.96. The Hall–Kier alpha value is -0.830. The number of rotatable bonds is 0. The highest BCUT2D eigenvalue weighted by Crippen LogP contribution is 2.68. The van der Waals surface area contributed by atoms with Gasteiger partial charge < -0.3 is 10.2 Å². The lowest BCUT2D eigenvalue weighted by Gasteiger charge is -2.61. The van der Waals surface area contributed by atoms with Gasteiger partial charge in [0.25, 0.3) is 0 Å². The van der Waals surface area contributed by atoms with E-state index in [4.69, 9.17) is 0 Å². The van der Waals surface area contributed by atoms with Crippen LogP contribution in [0.4, 0.5) is 0 Å². The lowest BCUT2D eigenvalue weighted by atomic mass is 9.44. The molecular weight excluding hydrogens is 300 g/mol. The van der Waals surface area contributed by atoms with E-state index >= 15 is 0 Å². The number of carbonyl (C=O) groups is 1. The van der Waals surface area contributed by atoms with Crippen LogP contribution in [0.3, 0.4) is 0 Å². The summed E-state index contributed by atoms with van der Waals surface area (Å²) in [6.07, 6.45) is 9.11. The van der Waals surface area contributed by atoms with E-state index in [0.717, 1.165) is 44.8 Å². The van der Waals surface area contributed by atoms with Crippen LogP contribution in [0.2, 0.25) is 0 Å². The van der Waals surface area contributed by atoms with Crippen molar-refractivity contribution in [1.82, 2.24) is 0 Å². The summed E-state index contributed by atoms with van der Waals surface area (Å²) in [5, 5.41) is 20.5. The molecule has 0 saturated heterocycles. The van der Waals surface area contributed by atoms with Gasteiger partial charge in [-0.15, -0.1) is 0 Å². The molecule has 4 aliphatic carbocycles. The lowest BCUT2D eigenvalue weighted by molar-refractivity contribution is -0.147. The number of ketones is 1. The third-order valence-electron chi connectivity index (χ3n) is 9.14. The van der Waals surface area contributed by atoms with Crippen LogP contribution >= 0.6 is 0 Å². The van der Waals surface area contributed by atoms with Crippen molar-refractivity contribution < 1.29 is 15.0 Å². The van der Waals surface area contributed by atoms with Crippen LogP contribution in [-0.2, 0) is 4.79 Å². The maximum absolute atomic E-state index is 12.2. The minimum Gasteiger partial charge on any atom is -0.515 e. The zero-order chi connectivity index (χ0) is 17.3. The smallest absolute Gasteiger partial charge is 0.162 e. The second-order valence-corrected chi connectivity index (χ2v) is 9.88. The Bertz CT molecular complexity index is 592. The molecule has 0 amide bonds. The fraction of sp³-hybridized carbons (Fsp3) is 0.857. The average molecular weight is 332 g/mol. The molecule has 24 heavy (non-hydrogen) atoms. The summed E-state index contributed by atoms with van der Waals surface area (Å²) in [5.41, 5.74) is 0.304. The highest BCUT2D eigenvalue weighted by Gasteiger charge is 2.63. The topological polar surface area (TPSA) is 57.5 Å². The predicted octanol–water partition coefficient (Wildman–Crippen LogP) is 4.40. The molecule has 0 bridgehead atoms. The van der Waals surface area contributed by atoms with Gasteiger partial charge in [-0.05, 0) is 86.4 Å². The van der Waals surface area contributed by atoms with Crippen molar-refractivity contribution in [3.63, 3.8) is 0 Å². The quantitative estimate of drug-likeness (QED) is 0.510. The minimum atomic E-state index is -0.529. The number of aliphatic hydroxyl groups excluding tert-OH is 1. The van der Waals surface area contributed by atoms with Crippen LogP contribution in [0.25, 0.3) is 0 Å². The highest BCUT2D eigenvalue weighted by atomic mass is 16.3. The van der Waals surface area contributed by atoms with E-state index in [2.05, 4.69) is 13.8 Å². The summed E-state index contributed by atoms with van der Waals surface area (Å²) < 4.78 is 0. The van der Waals surface area contributed by atoms with E-state index in [1.165, 1.54) is 6.42 Å². The second kappa shape index (κ2) is 5.09. The molecule has 0 aromatic heterocycles. The first-order valence-corrected chi connectivity index (χ1v) is 9.82. The number of Topliss-reactive ketones (excluding diaryl/α,β-unsaturated/α-hetero) is 1. The molecule has 3 heteroatoms. The fourth-order valence-corrected chi connectivity index (χ4v) is 7.37. The zero-order valence-electron chi connectivity index (χ0n) is 15.3. The average Bonchev–Trinajstić information content (AvgIpc) is 2.77. The van der Waals surface area contributed by atoms with Gasteiger partial charge in [0, 0.05) is 12.0 Å². The van der Waals surface area contributed by atoms with Crippen LogP contribution in [-0.4, -0.2) is 21.6 Å². The molecule has 4 aliphatic rings. The predicted molar refractivity (Wildman–Crippen MR) is 93.5 cm³/mol. The van der Waals surface area contributed by atoms with Crippen LogP contribution in [0.1, 0.15) is 72.1 Å². The molecule has 0 unspecified atom stereocenters. The van der Waals surface area contributed by atoms with Crippen molar-refractivity contribution in [3.05, 3.63) is 11.8 Å². The SMILES string of the molecule is C[C@]12C/C(=C\O)C(=O)C[C@@H]1CC[C@@H]1[C@@H]2CC[C@@]2(C)[C@H]1CC[C@@]2(C)O. The maximum Gasteiger partial charge on any atom is 0.162 e. The van der Waals surface area contributed by atoms with Gasteiger partial charge in [-0.25, -0.2) is 0 Å². The fourth-order valence-electron chi connectivity index (χ4n) is 7.37. The third-order valence-corrected chi connectivity index (χ3v) is 9.14. The molecule has 2 N–H and O–H groups in total. The molecule has 0 radical (unpaired) electrons. The third kappa shape index (κ3) is 1.97. The molecule has 0 aromatic rings. The number of carbonyl (C=O) groups excluding carboxylic acids is 1. The molecule has 4 saturated carbocycles. The number of hydrogen-bond donors (Lipinski definition) is 2. The Morgan fingerprint density at radius 3 is 2.46 bits per heavy atom. The second-order valence-electron chi connectivity index (χ2n) is 9.88. The van der Waals surface area contributed by atoms with E-state index in [1.54, 1.807) is 0 Å². The monoisotopic (exact) mass is 332 g/mol. The van der Waals surface area contributed by atoms with Gasteiger partial charge in [0.05, 0.1) is 11.9 Å². The number of hydrogen-bond acceptors (Lipinski definition) is 3. The summed E-state index contributed by atoms with van der Waals surface area (Å²) in [4.78, 5) is 12.2. The van der Waals surface area contributed by atoms with Crippen LogP contribution in [0.15, 0.2) is 11.8 Å². The summed E-state index contributed by atoms with van der Waals surface area (Å²) in [6, 6.07) is 0. The first-order chi connectivity index (χ1) is 11.2. The van der Waals surface area contributed by atoms with Gasteiger partial charge in [0.2, 0.25) is 0 Å². The Morgan fingerprint density at radius 2 is 1.75 bits per heavy atom. The molecule has 0 aliphatic heterocycles. The van der Waals surface area contributed by atoms with Gasteiger partial charge in [-0.1, -0.05) is 13.8 Å². The molecule has 4 rings (SSSR count). The number of allylic oxidation sites excluding steroid dienone is 1. The van der Waals surface area contributed by atoms with Crippen LogP contribution in [0, 0.1) is 34.5 Å². The molecule has 3 nitrogen and oxygen atoms in total. The zero-order valence-corrected chi connectivity index (χ0v) is 15.3. The van der Waals surface area contributed by atoms with Crippen molar-refractivity contribution >= 4 is 5.78 Å². The van der Waals surface area contributed by atoms with Gasteiger partial charge in [0.15, 0.2) is 5.78 Å². The maximum atomic E-state index is 12.2. The standard InChI is InChI=1S/C21H32O3/c1-19-11-13(12-22)18(23)10-14(19)4-5-15-16(19)6-8-20(2)17(15)7-9-21(20,3)24/h12,14-17,22,24H,4-11H2,1-3H3/b13-12+/t14-,15+,16-,17-,19-,20-,21+/m0/s1. The Labute approximate surface area is 145 Å². The Morgan fingerprint density at radius 1 is 1.04 bits per heavy atom. The molecule has 7 atom stereocenters. The minimum absolute atomic E-state index is 0.0531. The first-order valence-electron chi connectivity index (χ1n) is 9.82. The molecule has 134 valence electrons. The summed E-state index contributed by atoms with van der Waals surface area (Å²) >= 11 is 0. The summed E-state index contributed by atoms with van der Waals surface area (Å²) in [7, 11) is 0. The summed E-state index contributed by atoms with van der Waals surface area (Å²) in [6.45, 7) is 6.74. The molecule has 0 aromatic carbocycles. The van der Waals surface area contributed by atoms with Crippen molar-refractivity contribution in [2.75, 3.05) is 0 Å². The van der Waals surface area contributed by atoms with Gasteiger partial charge >= 0.3 is 0 Å². The largest absolute Gasteiger partial charge is 0.515 e. The first kappa shape index (κ1) is 16.6. The van der Waals surface area contributed by atoms with E-state index in [1.807, 2.05) is 6.92 Å². The molecule has 4 fully saturated rings. The van der Waals surface area contributed by atoms with Crippen LogP contribution in [0.5, 0.6) is 0 Å². The van der Waals surface area contributed by atoms with E-state index in [0.29, 0.717) is 35.7 Å². The van der Waals surface area contributed by atoms with Gasteiger partial charge in [-0.3, -0.25) is 4.79 Å². The van der Waals surface area contributed by atoms with E-state index < -0.39 is 5.60 Å². The Kier molecular flexibility index (Phi) is 3.53. The normalized spacial score (nSPS) is 55.8. The Balaban J connectivity index is 1.67. The van der Waals surface area contributed by atoms with E-state index in [-0.39, 0.29) is 16.6 Å². The van der Waals surface area contributed by atoms with Crippen molar-refractivity contribution in [2.45, 2.75) is 77.7 Å². The van der Waals surface area contributed by atoms with Crippen molar-refractivity contribution in [3.8, 4) is 0 Å². The van der Waals surface area contributed by atoms with E-state index in [9.17, 15) is 15.0 Å². The van der Waals surface area contributed by atoms with Crippen molar-refractivity contribution in [2.24, 2.45) is 34.5 Å². The summed E-state index contributed by atoms with van der Waals surface area (Å²) in [5.74, 6) is 2.55. The van der Waals surface area contributed by atoms with Crippen LogP contribution < -0.4 is 0 Å². The van der Waals surface area contributed by atoms with Gasteiger partial charge in [-0.2, -0.15) is 0 Å². The van der Waals surface area contributed by atoms with Crippen molar-refractivity contribution in [1.29, 1.82) is 0 Å². The molecule has 0 heterocycles. The number of fused-ring (bicyclic) bond motifs is 5. The molecule has 0 spiro atoms. The lowest BCUT2D eigenvalue weighted by Crippen LogP contribution is -2.56. The van der Waals surface area contributed by atoms with Gasteiger partial charge in [0.1, 0.15) is 0 Å².